The van der Waals surface area contributed by atoms with Crippen molar-refractivity contribution in [3.05, 3.63) is 52.8 Å². The Bertz CT molecular complexity index is 712. The number of hydrogen-bond donors (Lipinski definition) is 0. The van der Waals surface area contributed by atoms with E-state index in [1.165, 1.54) is 11.1 Å². The maximum atomic E-state index is 6.20. The molecule has 0 amide bonds. The molecular formula is C19H24N2O2. The van der Waals surface area contributed by atoms with Crippen LogP contribution in [0.1, 0.15) is 43.2 Å². The lowest BCUT2D eigenvalue weighted by Crippen LogP contribution is -2.32. The molecule has 0 aliphatic carbocycles. The highest BCUT2D eigenvalue weighted by Crippen LogP contribution is 2.48. The summed E-state index contributed by atoms with van der Waals surface area (Å²) >= 11 is 0. The van der Waals surface area contributed by atoms with E-state index in [0.29, 0.717) is 0 Å². The SMILES string of the molecule is CC.Cc1ccc(C2(C)Oc3ccc4c(c3O2)CN(C)C4)nc1. The van der Waals surface area contributed by atoms with E-state index >= 15 is 0 Å². The molecule has 4 nitrogen and oxygen atoms in total. The Hall–Kier alpha value is -2.07. The average Bonchev–Trinajstić information content (AvgIpc) is 3.09. The van der Waals surface area contributed by atoms with Gasteiger partial charge < -0.3 is 9.47 Å². The number of aryl methyl sites for hydroxylation is 1. The molecule has 2 aromatic rings. The van der Waals surface area contributed by atoms with E-state index < -0.39 is 5.79 Å². The lowest BCUT2D eigenvalue weighted by Gasteiger charge is -2.22. The summed E-state index contributed by atoms with van der Waals surface area (Å²) in [6, 6.07) is 8.14. The van der Waals surface area contributed by atoms with Gasteiger partial charge in [-0.15, -0.1) is 0 Å². The zero-order chi connectivity index (χ0) is 16.6. The second kappa shape index (κ2) is 5.85. The fourth-order valence-corrected chi connectivity index (χ4v) is 3.04. The van der Waals surface area contributed by atoms with Gasteiger partial charge in [-0.3, -0.25) is 9.88 Å². The molecule has 0 N–H and O–H groups in total. The summed E-state index contributed by atoms with van der Waals surface area (Å²) in [4.78, 5) is 6.74. The maximum absolute atomic E-state index is 6.20. The van der Waals surface area contributed by atoms with Crippen LogP contribution in [-0.2, 0) is 18.9 Å². The zero-order valence-corrected chi connectivity index (χ0v) is 14.5. The van der Waals surface area contributed by atoms with E-state index in [9.17, 15) is 0 Å². The lowest BCUT2D eigenvalue weighted by molar-refractivity contribution is -0.0721. The van der Waals surface area contributed by atoms with Crippen LogP contribution in [0.15, 0.2) is 30.5 Å². The standard InChI is InChI=1S/C17H18N2O2.C2H6/c1-11-4-7-15(18-8-11)17(2)20-14-6-5-12-9-19(3)10-13(12)16(14)21-17;1-2/h4-8H,9-10H2,1-3H3;1-2H3. The van der Waals surface area contributed by atoms with Gasteiger partial charge in [-0.2, -0.15) is 0 Å². The van der Waals surface area contributed by atoms with Crippen molar-refractivity contribution in [1.29, 1.82) is 0 Å². The molecule has 2 aliphatic heterocycles. The van der Waals surface area contributed by atoms with Gasteiger partial charge in [0.1, 0.15) is 5.69 Å². The van der Waals surface area contributed by atoms with E-state index in [-0.39, 0.29) is 0 Å². The van der Waals surface area contributed by atoms with Crippen molar-refractivity contribution in [3.8, 4) is 11.5 Å². The number of pyridine rings is 1. The molecule has 23 heavy (non-hydrogen) atoms. The molecule has 1 aromatic carbocycles. The fraction of sp³-hybridized carbons (Fsp3) is 0.421. The van der Waals surface area contributed by atoms with Crippen molar-refractivity contribution in [3.63, 3.8) is 0 Å². The number of ether oxygens (including phenoxy) is 2. The predicted octanol–water partition coefficient (Wildman–Crippen LogP) is 4.01. The van der Waals surface area contributed by atoms with Gasteiger partial charge in [0.05, 0.1) is 0 Å². The number of aromatic nitrogens is 1. The molecule has 3 heterocycles. The molecule has 4 rings (SSSR count). The van der Waals surface area contributed by atoms with Crippen LogP contribution in [0.4, 0.5) is 0 Å². The molecule has 1 atom stereocenters. The van der Waals surface area contributed by atoms with Gasteiger partial charge in [-0.05, 0) is 37.2 Å². The first-order valence-electron chi connectivity index (χ1n) is 8.20. The molecule has 4 heteroatoms. The monoisotopic (exact) mass is 312 g/mol. The van der Waals surface area contributed by atoms with Crippen molar-refractivity contribution >= 4 is 0 Å². The maximum Gasteiger partial charge on any atom is 0.292 e. The molecule has 1 aromatic heterocycles. The van der Waals surface area contributed by atoms with Crippen LogP contribution in [-0.4, -0.2) is 16.9 Å². The van der Waals surface area contributed by atoms with Gasteiger partial charge in [0.15, 0.2) is 11.5 Å². The van der Waals surface area contributed by atoms with Crippen molar-refractivity contribution < 1.29 is 9.47 Å². The number of nitrogens with zero attached hydrogens (tertiary/aromatic N) is 2. The molecular weight excluding hydrogens is 288 g/mol. The highest BCUT2D eigenvalue weighted by atomic mass is 16.7. The summed E-state index contributed by atoms with van der Waals surface area (Å²) < 4.78 is 12.3. The topological polar surface area (TPSA) is 34.6 Å². The predicted molar refractivity (Wildman–Crippen MR) is 90.5 cm³/mol. The van der Waals surface area contributed by atoms with Crippen molar-refractivity contribution in [2.45, 2.75) is 46.6 Å². The highest BCUT2D eigenvalue weighted by Gasteiger charge is 2.42. The van der Waals surface area contributed by atoms with Crippen LogP contribution in [0, 0.1) is 6.92 Å². The van der Waals surface area contributed by atoms with Crippen molar-refractivity contribution in [2.24, 2.45) is 0 Å². The largest absolute Gasteiger partial charge is 0.443 e. The van der Waals surface area contributed by atoms with E-state index in [0.717, 1.165) is 35.8 Å². The third-order valence-corrected chi connectivity index (χ3v) is 4.17. The summed E-state index contributed by atoms with van der Waals surface area (Å²) in [5.74, 6) is 0.849. The number of rotatable bonds is 1. The second-order valence-corrected chi connectivity index (χ2v) is 6.07. The normalized spacial score (nSPS) is 21.6. The average molecular weight is 312 g/mol. The fourth-order valence-electron chi connectivity index (χ4n) is 3.04. The molecule has 0 spiro atoms. The second-order valence-electron chi connectivity index (χ2n) is 6.07. The third-order valence-electron chi connectivity index (χ3n) is 4.17. The minimum absolute atomic E-state index is 0.796. The van der Waals surface area contributed by atoms with Crippen LogP contribution in [0.5, 0.6) is 11.5 Å². The van der Waals surface area contributed by atoms with Crippen LogP contribution < -0.4 is 9.47 Å². The van der Waals surface area contributed by atoms with E-state index in [2.05, 4.69) is 23.0 Å². The van der Waals surface area contributed by atoms with Crippen LogP contribution in [0.3, 0.4) is 0 Å². The van der Waals surface area contributed by atoms with Gasteiger partial charge in [0.2, 0.25) is 0 Å². The Morgan fingerprint density at radius 1 is 1.09 bits per heavy atom. The van der Waals surface area contributed by atoms with Crippen molar-refractivity contribution in [2.75, 3.05) is 7.05 Å². The third kappa shape index (κ3) is 2.68. The van der Waals surface area contributed by atoms with Gasteiger partial charge in [0.25, 0.3) is 5.79 Å². The molecule has 0 saturated heterocycles. The van der Waals surface area contributed by atoms with Gasteiger partial charge in [-0.25, -0.2) is 0 Å². The summed E-state index contributed by atoms with van der Waals surface area (Å²) in [5, 5.41) is 0. The first-order chi connectivity index (χ1) is 11.0. The number of benzene rings is 1. The summed E-state index contributed by atoms with van der Waals surface area (Å²) in [6.07, 6.45) is 1.84. The van der Waals surface area contributed by atoms with E-state index in [4.69, 9.17) is 9.47 Å². The number of hydrogen-bond acceptors (Lipinski definition) is 4. The van der Waals surface area contributed by atoms with Gasteiger partial charge in [0, 0.05) is 31.8 Å². The van der Waals surface area contributed by atoms with E-state index in [1.807, 2.05) is 52.1 Å². The van der Waals surface area contributed by atoms with Crippen LogP contribution >= 0.6 is 0 Å². The van der Waals surface area contributed by atoms with Gasteiger partial charge >= 0.3 is 0 Å². The molecule has 0 radical (unpaired) electrons. The van der Waals surface area contributed by atoms with Crippen molar-refractivity contribution in [1.82, 2.24) is 9.88 Å². The first-order valence-corrected chi connectivity index (χ1v) is 8.20. The Kier molecular flexibility index (Phi) is 4.02. The van der Waals surface area contributed by atoms with Crippen LogP contribution in [0.2, 0.25) is 0 Å². The molecule has 0 bridgehead atoms. The summed E-state index contributed by atoms with van der Waals surface area (Å²) in [6.45, 7) is 9.81. The quantitative estimate of drug-likeness (QED) is 0.797. The minimum Gasteiger partial charge on any atom is -0.443 e. The molecule has 0 saturated carbocycles. The van der Waals surface area contributed by atoms with Crippen LogP contribution in [0.25, 0.3) is 0 Å². The van der Waals surface area contributed by atoms with Gasteiger partial charge in [-0.1, -0.05) is 26.0 Å². The lowest BCUT2D eigenvalue weighted by atomic mass is 10.1. The Morgan fingerprint density at radius 3 is 2.57 bits per heavy atom. The molecule has 1 unspecified atom stereocenters. The number of fused-ring (bicyclic) bond motifs is 3. The molecule has 122 valence electrons. The molecule has 2 aliphatic rings. The zero-order valence-electron chi connectivity index (χ0n) is 14.5. The Balaban J connectivity index is 0.000000753. The summed E-state index contributed by atoms with van der Waals surface area (Å²) in [7, 11) is 2.11. The Labute approximate surface area is 138 Å². The van der Waals surface area contributed by atoms with E-state index in [1.54, 1.807) is 0 Å². The minimum atomic E-state index is -0.841. The smallest absolute Gasteiger partial charge is 0.292 e. The highest BCUT2D eigenvalue weighted by molar-refractivity contribution is 5.54. The summed E-state index contributed by atoms with van der Waals surface area (Å²) in [5.41, 5.74) is 4.48. The molecule has 0 fully saturated rings. The Morgan fingerprint density at radius 2 is 1.87 bits per heavy atom. The first kappa shape index (κ1) is 15.8.